The number of hydrogen-bond acceptors (Lipinski definition) is 3. The number of carbonyl (C=O) groups excluding carboxylic acids is 2. The number of para-hydroxylation sites is 1. The number of amides is 3. The van der Waals surface area contributed by atoms with Crippen LogP contribution in [-0.4, -0.2) is 43.7 Å². The van der Waals surface area contributed by atoms with Crippen LogP contribution in [0.1, 0.15) is 75.3 Å². The lowest BCUT2D eigenvalue weighted by Crippen LogP contribution is -2.47. The lowest BCUT2D eigenvalue weighted by atomic mass is 9.85. The van der Waals surface area contributed by atoms with E-state index < -0.39 is 0 Å². The smallest absolute Gasteiger partial charge is 0.324 e. The number of piperidine rings is 1. The first-order valence-electron chi connectivity index (χ1n) is 17.3. The van der Waals surface area contributed by atoms with Gasteiger partial charge in [0.05, 0.1) is 11.4 Å². The number of nitrogens with one attached hydrogen (secondary N) is 3. The number of aromatic nitrogens is 3. The van der Waals surface area contributed by atoms with Crippen LogP contribution in [0.15, 0.2) is 85.1 Å². The monoisotopic (exact) mass is 642 g/mol. The van der Waals surface area contributed by atoms with Gasteiger partial charge in [-0.2, -0.15) is 5.10 Å². The molecule has 2 atom stereocenters. The summed E-state index contributed by atoms with van der Waals surface area (Å²) in [4.78, 5) is 32.1. The van der Waals surface area contributed by atoms with Crippen LogP contribution in [0.5, 0.6) is 0 Å². The van der Waals surface area contributed by atoms with E-state index in [4.69, 9.17) is 5.10 Å². The summed E-state index contributed by atoms with van der Waals surface area (Å²) in [6.07, 6.45) is 8.71. The van der Waals surface area contributed by atoms with Gasteiger partial charge in [-0.3, -0.25) is 10.1 Å². The Morgan fingerprint density at radius 3 is 2.33 bits per heavy atom. The Kier molecular flexibility index (Phi) is 8.58. The zero-order valence-electron chi connectivity index (χ0n) is 28.4. The molecule has 2 aliphatic rings. The van der Waals surface area contributed by atoms with E-state index in [-0.39, 0.29) is 11.4 Å². The maximum atomic E-state index is 13.4. The molecule has 2 bridgehead atoms. The van der Waals surface area contributed by atoms with Crippen LogP contribution in [-0.2, 0) is 23.1 Å². The number of aryl methyl sites for hydroxylation is 2. The van der Waals surface area contributed by atoms with E-state index in [1.807, 2.05) is 48.5 Å². The Bertz CT molecular complexity index is 1900. The number of carbonyl (C=O) groups is 2. The quantitative estimate of drug-likeness (QED) is 0.158. The van der Waals surface area contributed by atoms with E-state index in [9.17, 15) is 9.59 Å². The molecule has 2 aliphatic heterocycles. The summed E-state index contributed by atoms with van der Waals surface area (Å²) in [6.45, 7) is 8.39. The third kappa shape index (κ3) is 6.75. The van der Waals surface area contributed by atoms with Crippen LogP contribution < -0.4 is 10.6 Å². The average Bonchev–Trinajstić information content (AvgIpc) is 3.75. The second-order valence-electron chi connectivity index (χ2n) is 14.8. The molecule has 2 saturated heterocycles. The fraction of sp³-hybridized carbons (Fsp3) is 0.375. The largest absolute Gasteiger partial charge is 0.361 e. The van der Waals surface area contributed by atoms with E-state index >= 15 is 0 Å². The van der Waals surface area contributed by atoms with Crippen molar-refractivity contribution >= 4 is 34.3 Å². The molecular formula is C40H46N6O2. The van der Waals surface area contributed by atoms with Gasteiger partial charge < -0.3 is 15.2 Å². The second-order valence-corrected chi connectivity index (χ2v) is 14.8. The number of rotatable bonds is 8. The van der Waals surface area contributed by atoms with Crippen LogP contribution in [0.25, 0.3) is 16.6 Å². The van der Waals surface area contributed by atoms with Crippen molar-refractivity contribution in [1.82, 2.24) is 19.7 Å². The number of hydrogen-bond donors (Lipinski definition) is 3. The molecule has 4 heterocycles. The van der Waals surface area contributed by atoms with E-state index in [1.165, 1.54) is 22.1 Å². The standard InChI is InChI=1S/C40H46N6O2/c1-26-9-16-31(17-10-26)46-37(24-36(44-46)40(2,3)4)43-39(48)42-30-14-11-27(12-15-30)21-28-22-32-18-19-33(23-28)45(32)38(47)20-13-29-25-41-35-8-6-5-7-34(29)35/h5-12,14-17,24-25,28,32-33,41H,13,18-23H2,1-4H3,(H2,42,43,48). The van der Waals surface area contributed by atoms with Crippen molar-refractivity contribution in [3.8, 4) is 5.69 Å². The molecule has 2 unspecified atom stereocenters. The van der Waals surface area contributed by atoms with Gasteiger partial charge in [-0.25, -0.2) is 9.48 Å². The van der Waals surface area contributed by atoms with Crippen molar-refractivity contribution in [3.63, 3.8) is 0 Å². The number of fused-ring (bicyclic) bond motifs is 3. The van der Waals surface area contributed by atoms with Crippen molar-refractivity contribution in [1.29, 1.82) is 0 Å². The molecule has 48 heavy (non-hydrogen) atoms. The maximum absolute atomic E-state index is 13.4. The van der Waals surface area contributed by atoms with Crippen LogP contribution in [0.2, 0.25) is 0 Å². The molecule has 3 amide bonds. The normalized spacial score (nSPS) is 19.1. The predicted octanol–water partition coefficient (Wildman–Crippen LogP) is 8.55. The first kappa shape index (κ1) is 31.7. The van der Waals surface area contributed by atoms with Crippen molar-refractivity contribution < 1.29 is 9.59 Å². The maximum Gasteiger partial charge on any atom is 0.324 e. The van der Waals surface area contributed by atoms with Gasteiger partial charge in [-0.05, 0) is 92.8 Å². The topological polar surface area (TPSA) is 95.1 Å². The second kappa shape index (κ2) is 13.0. The summed E-state index contributed by atoms with van der Waals surface area (Å²) in [5.41, 5.74) is 7.15. The minimum absolute atomic E-state index is 0.164. The molecule has 248 valence electrons. The highest BCUT2D eigenvalue weighted by atomic mass is 16.2. The van der Waals surface area contributed by atoms with Crippen LogP contribution in [0.3, 0.4) is 0 Å². The van der Waals surface area contributed by atoms with E-state index in [1.54, 1.807) is 4.68 Å². The highest BCUT2D eigenvalue weighted by Gasteiger charge is 2.42. The molecule has 7 rings (SSSR count). The molecule has 3 aromatic carbocycles. The molecule has 0 saturated carbocycles. The van der Waals surface area contributed by atoms with Crippen LogP contribution in [0.4, 0.5) is 16.3 Å². The van der Waals surface area contributed by atoms with Gasteiger partial charge in [0.1, 0.15) is 5.82 Å². The molecule has 3 N–H and O–H groups in total. The van der Waals surface area contributed by atoms with E-state index in [2.05, 4.69) is 84.7 Å². The van der Waals surface area contributed by atoms with Gasteiger partial charge in [0.2, 0.25) is 5.91 Å². The first-order chi connectivity index (χ1) is 23.1. The number of anilines is 2. The van der Waals surface area contributed by atoms with Gasteiger partial charge >= 0.3 is 6.03 Å². The number of aromatic amines is 1. The SMILES string of the molecule is Cc1ccc(-n2nc(C(C)(C)C)cc2NC(=O)Nc2ccc(CC3CC4CCC(C3)N4C(=O)CCc3c[nH]c4ccccc34)cc2)cc1. The minimum atomic E-state index is -0.310. The van der Waals surface area contributed by atoms with Crippen molar-refractivity contribution in [2.45, 2.75) is 90.1 Å². The summed E-state index contributed by atoms with van der Waals surface area (Å²) >= 11 is 0. The Balaban J connectivity index is 0.933. The third-order valence-electron chi connectivity index (χ3n) is 10.1. The fourth-order valence-electron chi connectivity index (χ4n) is 7.63. The molecule has 2 aromatic heterocycles. The molecule has 0 radical (unpaired) electrons. The summed E-state index contributed by atoms with van der Waals surface area (Å²) in [5, 5.41) is 12.0. The van der Waals surface area contributed by atoms with Crippen molar-refractivity contribution in [2.75, 3.05) is 10.6 Å². The highest BCUT2D eigenvalue weighted by molar-refractivity contribution is 5.99. The molecule has 0 aliphatic carbocycles. The molecule has 8 nitrogen and oxygen atoms in total. The fourth-order valence-corrected chi connectivity index (χ4v) is 7.63. The first-order valence-corrected chi connectivity index (χ1v) is 17.3. The molecule has 0 spiro atoms. The Hall–Kier alpha value is -4.85. The predicted molar refractivity (Wildman–Crippen MR) is 193 cm³/mol. The number of benzene rings is 3. The van der Waals surface area contributed by atoms with Gasteiger partial charge in [-0.15, -0.1) is 0 Å². The van der Waals surface area contributed by atoms with Crippen LogP contribution >= 0.6 is 0 Å². The number of H-pyrrole nitrogens is 1. The van der Waals surface area contributed by atoms with Gasteiger partial charge in [0, 0.05) is 52.8 Å². The van der Waals surface area contributed by atoms with Crippen LogP contribution in [0, 0.1) is 12.8 Å². The summed E-state index contributed by atoms with van der Waals surface area (Å²) in [7, 11) is 0. The molecule has 2 fully saturated rings. The van der Waals surface area contributed by atoms with Gasteiger partial charge in [0.15, 0.2) is 0 Å². The summed E-state index contributed by atoms with van der Waals surface area (Å²) in [5.74, 6) is 1.48. The van der Waals surface area contributed by atoms with Gasteiger partial charge in [0.25, 0.3) is 0 Å². The number of nitrogens with zero attached hydrogens (tertiary/aromatic N) is 3. The lowest BCUT2D eigenvalue weighted by molar-refractivity contribution is -0.136. The molecule has 5 aromatic rings. The lowest BCUT2D eigenvalue weighted by Gasteiger charge is -2.39. The minimum Gasteiger partial charge on any atom is -0.361 e. The Morgan fingerprint density at radius 1 is 0.917 bits per heavy atom. The van der Waals surface area contributed by atoms with E-state index in [0.717, 1.165) is 61.1 Å². The Labute approximate surface area is 282 Å². The van der Waals surface area contributed by atoms with Gasteiger partial charge in [-0.1, -0.05) is 68.8 Å². The highest BCUT2D eigenvalue weighted by Crippen LogP contribution is 2.40. The zero-order chi connectivity index (χ0) is 33.4. The number of urea groups is 1. The summed E-state index contributed by atoms with van der Waals surface area (Å²) < 4.78 is 1.79. The van der Waals surface area contributed by atoms with E-state index in [0.29, 0.717) is 36.1 Å². The van der Waals surface area contributed by atoms with Crippen molar-refractivity contribution in [2.24, 2.45) is 5.92 Å². The van der Waals surface area contributed by atoms with Crippen molar-refractivity contribution in [3.05, 3.63) is 107 Å². The average molecular weight is 643 g/mol. The third-order valence-corrected chi connectivity index (χ3v) is 10.1. The molecular weight excluding hydrogens is 596 g/mol. The zero-order valence-corrected chi connectivity index (χ0v) is 28.4. The molecule has 8 heteroatoms. The summed E-state index contributed by atoms with van der Waals surface area (Å²) in [6, 6.07) is 26.9. The Morgan fingerprint density at radius 2 is 1.62 bits per heavy atom.